The number of methoxy groups -OCH3 is 1. The van der Waals surface area contributed by atoms with Crippen LogP contribution >= 0.6 is 0 Å². The van der Waals surface area contributed by atoms with Crippen molar-refractivity contribution < 1.29 is 19.0 Å². The highest BCUT2D eigenvalue weighted by Gasteiger charge is 2.25. The molecule has 19 heavy (non-hydrogen) atoms. The van der Waals surface area contributed by atoms with E-state index in [0.29, 0.717) is 5.69 Å². The smallest absolute Gasteiger partial charge is 0.338 e. The van der Waals surface area contributed by atoms with E-state index in [1.165, 1.54) is 0 Å². The van der Waals surface area contributed by atoms with Gasteiger partial charge in [0.2, 0.25) is 0 Å². The Balaban J connectivity index is 2.13. The molecule has 1 aliphatic rings. The summed E-state index contributed by atoms with van der Waals surface area (Å²) in [5.41, 5.74) is 6.01. The van der Waals surface area contributed by atoms with Gasteiger partial charge in [-0.3, -0.25) is 0 Å². The predicted molar refractivity (Wildman–Crippen MR) is 69.8 cm³/mol. The summed E-state index contributed by atoms with van der Waals surface area (Å²) in [6.45, 7) is 0. The summed E-state index contributed by atoms with van der Waals surface area (Å²) in [5, 5.41) is 11.9. The lowest BCUT2D eigenvalue weighted by Crippen LogP contribution is -2.18. The van der Waals surface area contributed by atoms with E-state index < -0.39 is 17.3 Å². The van der Waals surface area contributed by atoms with E-state index in [4.69, 9.17) is 15.6 Å². The number of halogens is 1. The average Bonchev–Trinajstić information content (AvgIpc) is 2.80. The molecule has 1 aromatic rings. The Labute approximate surface area is 110 Å². The van der Waals surface area contributed by atoms with Gasteiger partial charge in [0.05, 0.1) is 23.0 Å². The lowest BCUT2D eigenvalue weighted by atomic mass is 10.1. The normalized spacial score (nSPS) is 22.4. The van der Waals surface area contributed by atoms with E-state index in [-0.39, 0.29) is 17.8 Å². The first-order valence-corrected chi connectivity index (χ1v) is 6.13. The van der Waals surface area contributed by atoms with Crippen molar-refractivity contribution in [3.05, 3.63) is 23.5 Å². The number of carbonyl (C=O) groups is 1. The molecule has 5 nitrogen and oxygen atoms in total. The topological polar surface area (TPSA) is 84.6 Å². The second-order valence-electron chi connectivity index (χ2n) is 4.74. The highest BCUT2D eigenvalue weighted by Crippen LogP contribution is 2.29. The summed E-state index contributed by atoms with van der Waals surface area (Å²) >= 11 is 0. The minimum atomic E-state index is -1.32. The monoisotopic (exact) mass is 268 g/mol. The van der Waals surface area contributed by atoms with Crippen LogP contribution in [-0.2, 0) is 4.74 Å². The number of anilines is 2. The van der Waals surface area contributed by atoms with Gasteiger partial charge in [0.15, 0.2) is 0 Å². The third-order valence-electron chi connectivity index (χ3n) is 3.45. The quantitative estimate of drug-likeness (QED) is 0.728. The van der Waals surface area contributed by atoms with Gasteiger partial charge in [0.25, 0.3) is 0 Å². The highest BCUT2D eigenvalue weighted by atomic mass is 19.1. The van der Waals surface area contributed by atoms with Gasteiger partial charge in [-0.15, -0.1) is 0 Å². The van der Waals surface area contributed by atoms with Gasteiger partial charge >= 0.3 is 5.97 Å². The Bertz CT molecular complexity index is 493. The fraction of sp³-hybridized carbons (Fsp3) is 0.462. The number of hydrogen-bond donors (Lipinski definition) is 3. The molecule has 1 fully saturated rings. The van der Waals surface area contributed by atoms with Gasteiger partial charge in [-0.05, 0) is 31.4 Å². The first-order chi connectivity index (χ1) is 9.01. The lowest BCUT2D eigenvalue weighted by Gasteiger charge is -2.16. The van der Waals surface area contributed by atoms with Gasteiger partial charge in [-0.1, -0.05) is 0 Å². The molecule has 4 N–H and O–H groups in total. The third kappa shape index (κ3) is 2.96. The first kappa shape index (κ1) is 13.6. The van der Waals surface area contributed by atoms with E-state index in [0.717, 1.165) is 31.4 Å². The number of carboxylic acid groups (broad SMARTS) is 1. The summed E-state index contributed by atoms with van der Waals surface area (Å²) in [6, 6.07) is 2.45. The molecule has 0 aromatic heterocycles. The molecule has 6 heteroatoms. The fourth-order valence-corrected chi connectivity index (χ4v) is 2.38. The molecule has 104 valence electrons. The summed E-state index contributed by atoms with van der Waals surface area (Å²) < 4.78 is 18.9. The molecular weight excluding hydrogens is 251 g/mol. The molecule has 0 heterocycles. The molecule has 1 aromatic carbocycles. The Hall–Kier alpha value is -1.82. The summed E-state index contributed by atoms with van der Waals surface area (Å²) in [4.78, 5) is 10.8. The van der Waals surface area contributed by atoms with Crippen LogP contribution in [0, 0.1) is 5.82 Å². The number of benzene rings is 1. The van der Waals surface area contributed by atoms with Crippen LogP contribution in [0.4, 0.5) is 15.8 Å². The highest BCUT2D eigenvalue weighted by molar-refractivity contribution is 5.90. The van der Waals surface area contributed by atoms with Crippen molar-refractivity contribution >= 4 is 17.3 Å². The zero-order valence-corrected chi connectivity index (χ0v) is 10.6. The Kier molecular flexibility index (Phi) is 3.90. The molecular formula is C13H17FN2O3. The van der Waals surface area contributed by atoms with E-state index in [9.17, 15) is 9.18 Å². The number of ether oxygens (including phenoxy) is 1. The van der Waals surface area contributed by atoms with Crippen LogP contribution in [0.15, 0.2) is 12.1 Å². The van der Waals surface area contributed by atoms with Crippen LogP contribution in [0.5, 0.6) is 0 Å². The number of aromatic carboxylic acids is 1. The van der Waals surface area contributed by atoms with E-state index in [1.54, 1.807) is 7.11 Å². The largest absolute Gasteiger partial charge is 0.478 e. The molecule has 0 radical (unpaired) electrons. The molecule has 2 rings (SSSR count). The van der Waals surface area contributed by atoms with Crippen LogP contribution < -0.4 is 11.1 Å². The van der Waals surface area contributed by atoms with Gasteiger partial charge in [-0.2, -0.15) is 0 Å². The third-order valence-corrected chi connectivity index (χ3v) is 3.45. The SMILES string of the molecule is COC1CCC(Nc2cc(F)c(C(=O)O)cc2N)C1. The predicted octanol–water partition coefficient (Wildman–Crippen LogP) is 2.09. The van der Waals surface area contributed by atoms with Gasteiger partial charge in [0.1, 0.15) is 5.82 Å². The van der Waals surface area contributed by atoms with Crippen molar-refractivity contribution in [3.63, 3.8) is 0 Å². The number of rotatable bonds is 4. The number of hydrogen-bond acceptors (Lipinski definition) is 4. The lowest BCUT2D eigenvalue weighted by molar-refractivity contribution is 0.0692. The molecule has 2 unspecified atom stereocenters. The van der Waals surface area contributed by atoms with Crippen molar-refractivity contribution in [3.8, 4) is 0 Å². The molecule has 2 atom stereocenters. The Morgan fingerprint density at radius 3 is 2.84 bits per heavy atom. The first-order valence-electron chi connectivity index (χ1n) is 6.13. The van der Waals surface area contributed by atoms with Gasteiger partial charge < -0.3 is 20.9 Å². The van der Waals surface area contributed by atoms with Crippen molar-refractivity contribution in [2.24, 2.45) is 0 Å². The van der Waals surface area contributed by atoms with E-state index >= 15 is 0 Å². The minimum absolute atomic E-state index is 0.169. The van der Waals surface area contributed by atoms with Crippen molar-refractivity contribution in [1.82, 2.24) is 0 Å². The second kappa shape index (κ2) is 5.44. The summed E-state index contributed by atoms with van der Waals surface area (Å²) in [5.74, 6) is -2.11. The fourth-order valence-electron chi connectivity index (χ4n) is 2.38. The molecule has 1 aliphatic carbocycles. The maximum absolute atomic E-state index is 13.6. The maximum atomic E-state index is 13.6. The molecule has 0 aliphatic heterocycles. The maximum Gasteiger partial charge on any atom is 0.338 e. The Morgan fingerprint density at radius 1 is 1.53 bits per heavy atom. The summed E-state index contributed by atoms with van der Waals surface area (Å²) in [6.07, 6.45) is 2.91. The molecule has 0 amide bonds. The zero-order valence-electron chi connectivity index (χ0n) is 10.6. The van der Waals surface area contributed by atoms with Crippen molar-refractivity contribution in [2.75, 3.05) is 18.2 Å². The second-order valence-corrected chi connectivity index (χ2v) is 4.74. The van der Waals surface area contributed by atoms with Crippen molar-refractivity contribution in [1.29, 1.82) is 0 Å². The number of nitrogens with two attached hydrogens (primary N) is 1. The molecule has 1 saturated carbocycles. The standard InChI is InChI=1S/C13H17FN2O3/c1-19-8-3-2-7(4-8)16-12-6-10(14)9(13(17)18)5-11(12)15/h5-8,16H,2-4,15H2,1H3,(H,17,18). The zero-order chi connectivity index (χ0) is 14.0. The Morgan fingerprint density at radius 2 is 2.26 bits per heavy atom. The molecule has 0 saturated heterocycles. The molecule has 0 spiro atoms. The average molecular weight is 268 g/mol. The van der Waals surface area contributed by atoms with Crippen LogP contribution in [0.25, 0.3) is 0 Å². The van der Waals surface area contributed by atoms with Gasteiger partial charge in [-0.25, -0.2) is 9.18 Å². The van der Waals surface area contributed by atoms with Gasteiger partial charge in [0, 0.05) is 13.2 Å². The van der Waals surface area contributed by atoms with Crippen LogP contribution in [-0.4, -0.2) is 30.3 Å². The van der Waals surface area contributed by atoms with Crippen molar-refractivity contribution in [2.45, 2.75) is 31.4 Å². The van der Waals surface area contributed by atoms with Crippen LogP contribution in [0.3, 0.4) is 0 Å². The van der Waals surface area contributed by atoms with Crippen LogP contribution in [0.1, 0.15) is 29.6 Å². The minimum Gasteiger partial charge on any atom is -0.478 e. The van der Waals surface area contributed by atoms with E-state index in [2.05, 4.69) is 5.32 Å². The number of nitrogens with one attached hydrogen (secondary N) is 1. The van der Waals surface area contributed by atoms with E-state index in [1.807, 2.05) is 0 Å². The number of carboxylic acids is 1. The molecule has 0 bridgehead atoms. The number of nitrogen functional groups attached to an aromatic ring is 1. The van der Waals surface area contributed by atoms with Crippen LogP contribution in [0.2, 0.25) is 0 Å². The summed E-state index contributed by atoms with van der Waals surface area (Å²) in [7, 11) is 1.67.